The van der Waals surface area contributed by atoms with Crippen molar-refractivity contribution in [1.29, 1.82) is 0 Å². The summed E-state index contributed by atoms with van der Waals surface area (Å²) in [6, 6.07) is 9.59. The van der Waals surface area contributed by atoms with Crippen LogP contribution in [0, 0.1) is 13.8 Å². The fourth-order valence-corrected chi connectivity index (χ4v) is 2.94. The predicted molar refractivity (Wildman–Crippen MR) is 81.3 cm³/mol. The lowest BCUT2D eigenvalue weighted by molar-refractivity contribution is 0.103. The van der Waals surface area contributed by atoms with Crippen molar-refractivity contribution >= 4 is 33.8 Å². The number of aryl methyl sites for hydroxylation is 2. The lowest BCUT2D eigenvalue weighted by atomic mass is 10.2. The molecule has 2 heterocycles. The molecule has 0 spiro atoms. The van der Waals surface area contributed by atoms with Gasteiger partial charge in [-0.2, -0.15) is 0 Å². The number of hydrogen-bond acceptors (Lipinski definition) is 4. The third-order valence-corrected chi connectivity index (χ3v) is 4.06. The summed E-state index contributed by atoms with van der Waals surface area (Å²) < 4.78 is 0. The summed E-state index contributed by atoms with van der Waals surface area (Å²) in [5.74, 6) is -0.133. The molecule has 0 saturated carbocycles. The maximum absolute atomic E-state index is 12.3. The van der Waals surface area contributed by atoms with E-state index < -0.39 is 0 Å². The second-order valence-electron chi connectivity index (χ2n) is 4.48. The highest BCUT2D eigenvalue weighted by Crippen LogP contribution is 2.23. The van der Waals surface area contributed by atoms with Crippen LogP contribution in [0.3, 0.4) is 0 Å². The fraction of sp³-hybridized carbons (Fsp3) is 0.133. The van der Waals surface area contributed by atoms with Crippen LogP contribution in [0.15, 0.2) is 36.5 Å². The number of carbonyl (C=O) groups excluding carboxylic acids is 1. The lowest BCUT2D eigenvalue weighted by Gasteiger charge is -2.07. The zero-order valence-corrected chi connectivity index (χ0v) is 12.0. The zero-order chi connectivity index (χ0) is 14.1. The Balaban J connectivity index is 1.97. The number of nitrogens with zero attached hydrogens (tertiary/aromatic N) is 2. The van der Waals surface area contributed by atoms with Crippen molar-refractivity contribution in [3.05, 3.63) is 52.1 Å². The van der Waals surface area contributed by atoms with Crippen LogP contribution in [0.25, 0.3) is 10.9 Å². The number of amides is 1. The van der Waals surface area contributed by atoms with Gasteiger partial charge in [-0.1, -0.05) is 18.2 Å². The average Bonchev–Trinajstić information content (AvgIpc) is 2.78. The van der Waals surface area contributed by atoms with E-state index in [4.69, 9.17) is 0 Å². The van der Waals surface area contributed by atoms with Crippen molar-refractivity contribution in [1.82, 2.24) is 9.97 Å². The van der Waals surface area contributed by atoms with E-state index in [0.29, 0.717) is 4.88 Å². The highest BCUT2D eigenvalue weighted by Gasteiger charge is 2.15. The molecule has 5 heteroatoms. The number of nitrogens with one attached hydrogen (secondary N) is 1. The molecule has 4 nitrogen and oxygen atoms in total. The number of hydrogen-bond donors (Lipinski definition) is 1. The molecule has 20 heavy (non-hydrogen) atoms. The van der Waals surface area contributed by atoms with Crippen LogP contribution in [-0.2, 0) is 0 Å². The summed E-state index contributed by atoms with van der Waals surface area (Å²) >= 11 is 1.40. The Morgan fingerprint density at radius 1 is 1.20 bits per heavy atom. The Bertz CT molecular complexity index is 789. The third kappa shape index (κ3) is 2.28. The Morgan fingerprint density at radius 2 is 2.00 bits per heavy atom. The van der Waals surface area contributed by atoms with Gasteiger partial charge in [0, 0.05) is 11.6 Å². The molecular formula is C15H13N3OS. The van der Waals surface area contributed by atoms with Crippen LogP contribution >= 0.6 is 11.3 Å². The molecule has 0 bridgehead atoms. The Hall–Kier alpha value is -2.27. The molecule has 3 aromatic rings. The van der Waals surface area contributed by atoms with E-state index in [9.17, 15) is 4.79 Å². The van der Waals surface area contributed by atoms with Gasteiger partial charge in [0.2, 0.25) is 0 Å². The van der Waals surface area contributed by atoms with E-state index in [1.807, 2.05) is 44.2 Å². The Labute approximate surface area is 120 Å². The first-order valence-corrected chi connectivity index (χ1v) is 7.06. The number of thiazole rings is 1. The largest absolute Gasteiger partial charge is 0.319 e. The number of fused-ring (bicyclic) bond motifs is 1. The fourth-order valence-electron chi connectivity index (χ4n) is 2.13. The maximum Gasteiger partial charge on any atom is 0.267 e. The molecule has 0 fully saturated rings. The molecule has 0 atom stereocenters. The molecule has 1 N–H and O–H groups in total. The van der Waals surface area contributed by atoms with E-state index in [-0.39, 0.29) is 5.91 Å². The van der Waals surface area contributed by atoms with Crippen LogP contribution in [0.1, 0.15) is 20.4 Å². The third-order valence-electron chi connectivity index (χ3n) is 2.99. The summed E-state index contributed by atoms with van der Waals surface area (Å²) in [4.78, 5) is 21.6. The smallest absolute Gasteiger partial charge is 0.267 e. The first-order valence-electron chi connectivity index (χ1n) is 6.24. The zero-order valence-electron chi connectivity index (χ0n) is 11.2. The van der Waals surface area contributed by atoms with Gasteiger partial charge in [0.05, 0.1) is 21.9 Å². The Morgan fingerprint density at radius 3 is 2.75 bits per heavy atom. The van der Waals surface area contributed by atoms with Crippen LogP contribution in [0.2, 0.25) is 0 Å². The number of aromatic nitrogens is 2. The number of carbonyl (C=O) groups is 1. The molecular weight excluding hydrogens is 270 g/mol. The Kier molecular flexibility index (Phi) is 3.20. The van der Waals surface area contributed by atoms with Crippen LogP contribution in [0.4, 0.5) is 5.69 Å². The van der Waals surface area contributed by atoms with E-state index >= 15 is 0 Å². The number of pyridine rings is 1. The van der Waals surface area contributed by atoms with E-state index in [2.05, 4.69) is 15.3 Å². The summed E-state index contributed by atoms with van der Waals surface area (Å²) in [7, 11) is 0. The monoisotopic (exact) mass is 283 g/mol. The highest BCUT2D eigenvalue weighted by molar-refractivity contribution is 7.13. The SMILES string of the molecule is Cc1nc(C)c(C(=O)Nc2cccc3cccnc23)s1. The highest BCUT2D eigenvalue weighted by atomic mass is 32.1. The van der Waals surface area contributed by atoms with Gasteiger partial charge in [-0.25, -0.2) is 4.98 Å². The second kappa shape index (κ2) is 5.02. The maximum atomic E-state index is 12.3. The molecule has 1 aromatic carbocycles. The molecule has 0 aliphatic rings. The van der Waals surface area contributed by atoms with Crippen molar-refractivity contribution < 1.29 is 4.79 Å². The number of para-hydroxylation sites is 1. The topological polar surface area (TPSA) is 54.9 Å². The van der Waals surface area contributed by atoms with Crippen molar-refractivity contribution in [3.63, 3.8) is 0 Å². The van der Waals surface area contributed by atoms with Crippen molar-refractivity contribution in [3.8, 4) is 0 Å². The lowest BCUT2D eigenvalue weighted by Crippen LogP contribution is -2.12. The number of anilines is 1. The molecule has 0 saturated heterocycles. The molecule has 0 unspecified atom stereocenters. The van der Waals surface area contributed by atoms with Gasteiger partial charge >= 0.3 is 0 Å². The molecule has 2 aromatic heterocycles. The summed E-state index contributed by atoms with van der Waals surface area (Å²) in [5, 5.41) is 4.82. The molecule has 100 valence electrons. The predicted octanol–water partition coefficient (Wildman–Crippen LogP) is 3.56. The minimum absolute atomic E-state index is 0.133. The quantitative estimate of drug-likeness (QED) is 0.782. The van der Waals surface area contributed by atoms with E-state index in [1.54, 1.807) is 6.20 Å². The first-order chi connectivity index (χ1) is 9.65. The van der Waals surface area contributed by atoms with Gasteiger partial charge in [-0.05, 0) is 26.0 Å². The van der Waals surface area contributed by atoms with E-state index in [0.717, 1.165) is 27.3 Å². The minimum atomic E-state index is -0.133. The van der Waals surface area contributed by atoms with Gasteiger partial charge in [-0.15, -0.1) is 11.3 Å². The van der Waals surface area contributed by atoms with Gasteiger partial charge in [0.15, 0.2) is 0 Å². The normalized spacial score (nSPS) is 10.7. The van der Waals surface area contributed by atoms with Gasteiger partial charge in [0.1, 0.15) is 4.88 Å². The van der Waals surface area contributed by atoms with Crippen LogP contribution < -0.4 is 5.32 Å². The number of rotatable bonds is 2. The van der Waals surface area contributed by atoms with Crippen molar-refractivity contribution in [2.45, 2.75) is 13.8 Å². The summed E-state index contributed by atoms with van der Waals surface area (Å²) in [6.45, 7) is 3.74. The van der Waals surface area contributed by atoms with Crippen LogP contribution in [0.5, 0.6) is 0 Å². The average molecular weight is 283 g/mol. The van der Waals surface area contributed by atoms with Gasteiger partial charge in [-0.3, -0.25) is 9.78 Å². The van der Waals surface area contributed by atoms with Crippen molar-refractivity contribution in [2.75, 3.05) is 5.32 Å². The van der Waals surface area contributed by atoms with Gasteiger partial charge < -0.3 is 5.32 Å². The molecule has 1 amide bonds. The van der Waals surface area contributed by atoms with Crippen molar-refractivity contribution in [2.24, 2.45) is 0 Å². The number of benzene rings is 1. The molecule has 0 radical (unpaired) electrons. The van der Waals surface area contributed by atoms with Gasteiger partial charge in [0.25, 0.3) is 5.91 Å². The second-order valence-corrected chi connectivity index (χ2v) is 5.69. The molecule has 0 aliphatic carbocycles. The summed E-state index contributed by atoms with van der Waals surface area (Å²) in [5.41, 5.74) is 2.28. The van der Waals surface area contributed by atoms with Crippen LogP contribution in [-0.4, -0.2) is 15.9 Å². The molecule has 3 rings (SSSR count). The summed E-state index contributed by atoms with van der Waals surface area (Å²) in [6.07, 6.45) is 1.72. The molecule has 0 aliphatic heterocycles. The standard InChI is InChI=1S/C15H13N3OS/c1-9-14(20-10(2)17-9)15(19)18-12-7-3-5-11-6-4-8-16-13(11)12/h3-8H,1-2H3,(H,18,19). The minimum Gasteiger partial charge on any atom is -0.319 e. The first kappa shape index (κ1) is 12.7. The van der Waals surface area contributed by atoms with E-state index in [1.165, 1.54) is 11.3 Å².